The molecule has 0 bridgehead atoms. The number of rotatable bonds is 14. The fourth-order valence-corrected chi connectivity index (χ4v) is 10.1. The van der Waals surface area contributed by atoms with Crippen LogP contribution in [-0.4, -0.2) is 129 Å². The van der Waals surface area contributed by atoms with Crippen molar-refractivity contribution >= 4 is 48.0 Å². The number of aliphatic hydroxyl groups excluding tert-OH is 1. The minimum atomic E-state index is -0.664. The third-order valence-electron chi connectivity index (χ3n) is 13.7. The number of alkyl carbamates (subject to hydrolysis) is 2. The van der Waals surface area contributed by atoms with Crippen molar-refractivity contribution in [1.82, 2.24) is 31.3 Å². The van der Waals surface area contributed by atoms with E-state index in [1.165, 1.54) is 50.2 Å². The fourth-order valence-electron chi connectivity index (χ4n) is 10.1. The van der Waals surface area contributed by atoms with Gasteiger partial charge < -0.3 is 45.3 Å². The minimum Gasteiger partial charge on any atom is -0.453 e. The van der Waals surface area contributed by atoms with Crippen molar-refractivity contribution in [2.24, 2.45) is 26.5 Å². The molecular formula is C70H120N10O7. The van der Waals surface area contributed by atoms with E-state index in [1.807, 2.05) is 46.4 Å². The summed E-state index contributed by atoms with van der Waals surface area (Å²) in [6.07, 6.45) is 8.55. The molecule has 3 saturated heterocycles. The lowest BCUT2D eigenvalue weighted by atomic mass is 9.87. The van der Waals surface area contributed by atoms with Crippen LogP contribution in [0.3, 0.4) is 0 Å². The van der Waals surface area contributed by atoms with Crippen LogP contribution in [0.5, 0.6) is 0 Å². The lowest BCUT2D eigenvalue weighted by Crippen LogP contribution is -2.55. The van der Waals surface area contributed by atoms with E-state index >= 15 is 0 Å². The van der Waals surface area contributed by atoms with Crippen LogP contribution in [-0.2, 0) is 24.5 Å². The van der Waals surface area contributed by atoms with Gasteiger partial charge in [0.1, 0.15) is 18.4 Å². The molecule has 3 aromatic carbocycles. The first-order valence-corrected chi connectivity index (χ1v) is 32.3. The monoisotopic (exact) mass is 1210 g/mol. The smallest absolute Gasteiger partial charge is 0.407 e. The van der Waals surface area contributed by atoms with Gasteiger partial charge >= 0.3 is 12.2 Å². The summed E-state index contributed by atoms with van der Waals surface area (Å²) < 4.78 is 9.44. The van der Waals surface area contributed by atoms with Crippen LogP contribution in [0.2, 0.25) is 0 Å². The molecule has 4 heterocycles. The SMILES string of the molecule is C=NNC(=NCC1CCCN1C(=O)CNC(=O)OC)c1ccc(C2CC[C@@H](c3ccc(C4=NN[C@H](C5CCCN5C(=O)C(NC(=O)OC)C(C)C)C4)cc3)N2c2ccc(C(C)(C)C)cc2)cc1.CC.CC.CC(C)(C)C.CCC.CCC.CCC.CO. The standard InChI is InChI=1S/C51H68N10O6.C5H12.3C3H8.2C2H6.CH4O/c1-32(2)46(55-50(65)67-8)48(63)60-28-10-12-44(60)41-29-40(56-57-41)33-13-15-34(16-14-33)42-25-26-43(61(42)38-23-21-37(22-24-38)51(3,4)5)35-17-19-36(20-18-35)47(58-52-6)53-30-39-11-9-27-59(39)45(62)31-54-49(64)66-7;1-5(2,3)4;3*1-3-2;3*1-2/h13-24,32,39,41-44,46,57H,6,9-12,25-31H2,1-5,7-8H3,(H,53,58)(H,54,64)(H,55,65);1-4H3;3*3H2,1-2H3;2*1-2H3;2H,1H3/t39?,41-,42-,43?,44?,46?;;;;;;;/m0......./s1. The van der Waals surface area contributed by atoms with Crippen molar-refractivity contribution < 1.29 is 33.8 Å². The normalized spacial score (nSPS) is 18.7. The van der Waals surface area contributed by atoms with E-state index in [0.29, 0.717) is 37.3 Å². The highest BCUT2D eigenvalue weighted by atomic mass is 16.5. The van der Waals surface area contributed by atoms with E-state index in [0.717, 1.165) is 68.2 Å². The summed E-state index contributed by atoms with van der Waals surface area (Å²) in [7, 11) is 3.58. The summed E-state index contributed by atoms with van der Waals surface area (Å²) in [6, 6.07) is 25.7. The van der Waals surface area contributed by atoms with Gasteiger partial charge in [-0.25, -0.2) is 9.59 Å². The Kier molecular flexibility index (Phi) is 40.0. The van der Waals surface area contributed by atoms with Crippen LogP contribution in [0.15, 0.2) is 88.0 Å². The molecule has 0 spiro atoms. The maximum Gasteiger partial charge on any atom is 0.407 e. The van der Waals surface area contributed by atoms with Gasteiger partial charge in [-0.2, -0.15) is 10.2 Å². The summed E-state index contributed by atoms with van der Waals surface area (Å²) in [4.78, 5) is 61.5. The van der Waals surface area contributed by atoms with E-state index in [2.05, 4.69) is 206 Å². The topological polar surface area (TPSA) is 202 Å². The quantitative estimate of drug-likeness (QED) is 0.0587. The second kappa shape index (κ2) is 43.2. The van der Waals surface area contributed by atoms with E-state index in [1.54, 1.807) is 4.90 Å². The van der Waals surface area contributed by atoms with E-state index in [9.17, 15) is 19.2 Å². The molecule has 0 aromatic heterocycles. The van der Waals surface area contributed by atoms with Crippen molar-refractivity contribution in [3.63, 3.8) is 0 Å². The zero-order valence-corrected chi connectivity index (χ0v) is 58.2. The van der Waals surface area contributed by atoms with Crippen molar-refractivity contribution in [1.29, 1.82) is 0 Å². The number of carbonyl (C=O) groups is 4. The number of methoxy groups -OCH3 is 2. The van der Waals surface area contributed by atoms with Gasteiger partial charge in [0.25, 0.3) is 0 Å². The number of anilines is 1. The van der Waals surface area contributed by atoms with Crippen LogP contribution in [0.1, 0.15) is 236 Å². The Morgan fingerprint density at radius 1 is 0.713 bits per heavy atom. The summed E-state index contributed by atoms with van der Waals surface area (Å²) >= 11 is 0. The summed E-state index contributed by atoms with van der Waals surface area (Å²) in [5.74, 6) is 0.226. The number of aliphatic hydroxyl groups is 1. The molecule has 5 N–H and O–H groups in total. The van der Waals surface area contributed by atoms with Gasteiger partial charge in [0.05, 0.1) is 56.7 Å². The average molecular weight is 1210 g/mol. The van der Waals surface area contributed by atoms with Gasteiger partial charge in [-0.3, -0.25) is 20.0 Å². The second-order valence-electron chi connectivity index (χ2n) is 24.5. The van der Waals surface area contributed by atoms with Crippen molar-refractivity contribution in [2.75, 3.05) is 52.4 Å². The zero-order chi connectivity index (χ0) is 66.5. The Morgan fingerprint density at radius 3 is 1.67 bits per heavy atom. The molecule has 0 aliphatic carbocycles. The largest absolute Gasteiger partial charge is 0.453 e. The molecule has 7 rings (SSSR count). The predicted molar refractivity (Wildman–Crippen MR) is 365 cm³/mol. The molecule has 0 saturated carbocycles. The van der Waals surface area contributed by atoms with E-state index in [4.69, 9.17) is 19.9 Å². The average Bonchev–Trinajstić information content (AvgIpc) is 3.79. The van der Waals surface area contributed by atoms with E-state index in [-0.39, 0.29) is 59.9 Å². The molecular weight excluding hydrogens is 1090 g/mol. The fraction of sp³-hybridized carbons (Fsp3) is 0.643. The number of hydrazone groups is 2. The first kappa shape index (κ1) is 80.5. The molecule has 4 aliphatic heterocycles. The highest BCUT2D eigenvalue weighted by molar-refractivity contribution is 6.02. The Bertz CT molecular complexity index is 2440. The third kappa shape index (κ3) is 27.2. The van der Waals surface area contributed by atoms with Crippen LogP contribution in [0, 0.1) is 11.3 Å². The van der Waals surface area contributed by atoms with E-state index < -0.39 is 18.2 Å². The Hall–Kier alpha value is -6.49. The molecule has 3 aromatic rings. The van der Waals surface area contributed by atoms with Crippen molar-refractivity contribution in [3.05, 3.63) is 101 Å². The number of benzene rings is 3. The van der Waals surface area contributed by atoms with Crippen LogP contribution < -0.4 is 26.4 Å². The number of carbonyl (C=O) groups excluding carboxylic acids is 4. The molecule has 17 nitrogen and oxygen atoms in total. The van der Waals surface area contributed by atoms with Gasteiger partial charge in [0.2, 0.25) is 11.8 Å². The number of hydrogen-bond donors (Lipinski definition) is 5. The summed E-state index contributed by atoms with van der Waals surface area (Å²) in [6.45, 7) is 45.2. The van der Waals surface area contributed by atoms with Gasteiger partial charge in [-0.15, -0.1) is 0 Å². The molecule has 3 fully saturated rings. The summed E-state index contributed by atoms with van der Waals surface area (Å²) in [5.41, 5.74) is 14.6. The predicted octanol–water partition coefficient (Wildman–Crippen LogP) is 14.8. The molecule has 6 atom stereocenters. The number of nitrogens with one attached hydrogen (secondary N) is 4. The molecule has 4 amide bonds. The van der Waals surface area contributed by atoms with Crippen molar-refractivity contribution in [2.45, 2.75) is 237 Å². The van der Waals surface area contributed by atoms with Crippen LogP contribution in [0.4, 0.5) is 15.3 Å². The second-order valence-corrected chi connectivity index (χ2v) is 24.5. The molecule has 0 radical (unpaired) electrons. The van der Waals surface area contributed by atoms with Gasteiger partial charge in [-0.05, 0) is 89.7 Å². The zero-order valence-electron chi connectivity index (χ0n) is 58.2. The summed E-state index contributed by atoms with van der Waals surface area (Å²) in [5, 5.41) is 21.0. The van der Waals surface area contributed by atoms with Gasteiger partial charge in [-0.1, -0.05) is 211 Å². The number of nitrogens with zero attached hydrogens (tertiary/aromatic N) is 6. The maximum atomic E-state index is 13.8. The first-order valence-electron chi connectivity index (χ1n) is 32.3. The molecule has 4 aliphatic rings. The lowest BCUT2D eigenvalue weighted by Gasteiger charge is -2.34. The first-order chi connectivity index (χ1) is 41.4. The molecule has 17 heteroatoms. The third-order valence-corrected chi connectivity index (χ3v) is 13.7. The number of ether oxygens (including phenoxy) is 2. The Morgan fingerprint density at radius 2 is 1.20 bits per heavy atom. The lowest BCUT2D eigenvalue weighted by molar-refractivity contribution is -0.135. The Balaban J connectivity index is 0.00000327. The highest BCUT2D eigenvalue weighted by Gasteiger charge is 2.41. The highest BCUT2D eigenvalue weighted by Crippen LogP contribution is 2.47. The number of amidine groups is 1. The Labute approximate surface area is 527 Å². The van der Waals surface area contributed by atoms with Crippen LogP contribution >= 0.6 is 0 Å². The number of hydrogen-bond acceptors (Lipinski definition) is 12. The minimum absolute atomic E-state index is 0.0233. The molecule has 492 valence electrons. The van der Waals surface area contributed by atoms with Crippen molar-refractivity contribution in [3.8, 4) is 0 Å². The number of likely N-dealkylation sites (tertiary alicyclic amines) is 2. The maximum absolute atomic E-state index is 13.8. The van der Waals surface area contributed by atoms with Gasteiger partial charge in [0.15, 0.2) is 0 Å². The number of amides is 4. The molecule has 4 unspecified atom stereocenters. The molecule has 87 heavy (non-hydrogen) atoms. The van der Waals surface area contributed by atoms with Gasteiger partial charge in [0, 0.05) is 44.6 Å². The van der Waals surface area contributed by atoms with Crippen LogP contribution in [0.25, 0.3) is 0 Å². The number of aliphatic imine (C=N–C) groups is 1.